The molecular formula is C14H21NO2. The van der Waals surface area contributed by atoms with Crippen LogP contribution < -0.4 is 4.90 Å². The van der Waals surface area contributed by atoms with Gasteiger partial charge in [-0.05, 0) is 49.9 Å². The van der Waals surface area contributed by atoms with E-state index in [1.54, 1.807) is 0 Å². The Morgan fingerprint density at radius 2 is 1.76 bits per heavy atom. The molecular weight excluding hydrogens is 214 g/mol. The second-order valence-corrected chi connectivity index (χ2v) is 4.64. The molecule has 1 aromatic rings. The van der Waals surface area contributed by atoms with Crippen molar-refractivity contribution in [2.45, 2.75) is 33.6 Å². The Bertz CT molecular complexity index is 413. The van der Waals surface area contributed by atoms with Gasteiger partial charge in [0.1, 0.15) is 0 Å². The van der Waals surface area contributed by atoms with Gasteiger partial charge in [0.15, 0.2) is 0 Å². The second-order valence-electron chi connectivity index (χ2n) is 4.64. The average Bonchev–Trinajstić information content (AvgIpc) is 2.22. The maximum absolute atomic E-state index is 10.5. The first-order valence-electron chi connectivity index (χ1n) is 5.92. The van der Waals surface area contributed by atoms with Crippen molar-refractivity contribution in [3.8, 4) is 0 Å². The molecule has 0 aliphatic rings. The summed E-state index contributed by atoms with van der Waals surface area (Å²) in [6.45, 7) is 7.07. The summed E-state index contributed by atoms with van der Waals surface area (Å²) in [5.41, 5.74) is 5.00. The van der Waals surface area contributed by atoms with E-state index in [1.807, 2.05) is 7.05 Å². The molecule has 3 nitrogen and oxygen atoms in total. The molecule has 0 spiro atoms. The second kappa shape index (κ2) is 5.71. The van der Waals surface area contributed by atoms with Gasteiger partial charge in [0, 0.05) is 25.7 Å². The van der Waals surface area contributed by atoms with Crippen LogP contribution in [0.15, 0.2) is 12.1 Å². The Hall–Kier alpha value is -1.51. The molecule has 0 aromatic heterocycles. The van der Waals surface area contributed by atoms with Crippen molar-refractivity contribution in [1.29, 1.82) is 0 Å². The number of nitrogens with zero attached hydrogens (tertiary/aromatic N) is 1. The lowest BCUT2D eigenvalue weighted by Crippen LogP contribution is -2.20. The van der Waals surface area contributed by atoms with Gasteiger partial charge in [-0.15, -0.1) is 0 Å². The van der Waals surface area contributed by atoms with E-state index in [0.29, 0.717) is 6.42 Å². The molecule has 1 rings (SSSR count). The third-order valence-electron chi connectivity index (χ3n) is 3.11. The van der Waals surface area contributed by atoms with Gasteiger partial charge in [-0.3, -0.25) is 4.79 Å². The van der Waals surface area contributed by atoms with Gasteiger partial charge in [0.25, 0.3) is 0 Å². The molecule has 0 radical (unpaired) electrons. The van der Waals surface area contributed by atoms with Crippen LogP contribution in [-0.4, -0.2) is 24.7 Å². The van der Waals surface area contributed by atoms with Crippen molar-refractivity contribution in [2.75, 3.05) is 18.5 Å². The Kier molecular flexibility index (Phi) is 4.55. The zero-order valence-corrected chi connectivity index (χ0v) is 11.1. The Labute approximate surface area is 103 Å². The van der Waals surface area contributed by atoms with E-state index in [4.69, 9.17) is 5.11 Å². The van der Waals surface area contributed by atoms with Crippen LogP contribution in [0.3, 0.4) is 0 Å². The third-order valence-corrected chi connectivity index (χ3v) is 3.11. The number of anilines is 1. The molecule has 0 aliphatic carbocycles. The van der Waals surface area contributed by atoms with Crippen LogP contribution >= 0.6 is 0 Å². The molecule has 0 atom stereocenters. The van der Waals surface area contributed by atoms with Gasteiger partial charge in [0.2, 0.25) is 0 Å². The van der Waals surface area contributed by atoms with Crippen LogP contribution in [0.2, 0.25) is 0 Å². The number of hydrogen-bond donors (Lipinski definition) is 1. The molecule has 0 unspecified atom stereocenters. The SMILES string of the molecule is Cc1cc(C)c(N(C)CCCC(=O)O)cc1C. The van der Waals surface area contributed by atoms with Crippen molar-refractivity contribution in [3.63, 3.8) is 0 Å². The van der Waals surface area contributed by atoms with E-state index < -0.39 is 5.97 Å². The maximum Gasteiger partial charge on any atom is 0.303 e. The van der Waals surface area contributed by atoms with Crippen molar-refractivity contribution in [3.05, 3.63) is 28.8 Å². The Balaban J connectivity index is 2.71. The van der Waals surface area contributed by atoms with Crippen molar-refractivity contribution in [1.82, 2.24) is 0 Å². The number of carbonyl (C=O) groups is 1. The zero-order chi connectivity index (χ0) is 13.0. The fourth-order valence-electron chi connectivity index (χ4n) is 1.94. The monoisotopic (exact) mass is 235 g/mol. The van der Waals surface area contributed by atoms with Gasteiger partial charge in [-0.25, -0.2) is 0 Å². The van der Waals surface area contributed by atoms with Crippen LogP contribution in [-0.2, 0) is 4.79 Å². The molecule has 0 fully saturated rings. The highest BCUT2D eigenvalue weighted by molar-refractivity contribution is 5.66. The molecule has 0 saturated carbocycles. The minimum absolute atomic E-state index is 0.230. The van der Waals surface area contributed by atoms with E-state index in [9.17, 15) is 4.79 Å². The molecule has 0 saturated heterocycles. The maximum atomic E-state index is 10.5. The largest absolute Gasteiger partial charge is 0.481 e. The average molecular weight is 235 g/mol. The van der Waals surface area contributed by atoms with Crippen molar-refractivity contribution < 1.29 is 9.90 Å². The topological polar surface area (TPSA) is 40.5 Å². The highest BCUT2D eigenvalue weighted by atomic mass is 16.4. The highest BCUT2D eigenvalue weighted by Gasteiger charge is 2.07. The van der Waals surface area contributed by atoms with E-state index in [-0.39, 0.29) is 6.42 Å². The van der Waals surface area contributed by atoms with Crippen LogP contribution in [0.5, 0.6) is 0 Å². The number of rotatable bonds is 5. The molecule has 0 amide bonds. The predicted molar refractivity (Wildman–Crippen MR) is 70.8 cm³/mol. The quantitative estimate of drug-likeness (QED) is 0.853. The normalized spacial score (nSPS) is 10.4. The van der Waals surface area contributed by atoms with Gasteiger partial charge < -0.3 is 10.0 Å². The number of hydrogen-bond acceptors (Lipinski definition) is 2. The number of carboxylic acids is 1. The first-order valence-corrected chi connectivity index (χ1v) is 5.92. The van der Waals surface area contributed by atoms with Gasteiger partial charge >= 0.3 is 5.97 Å². The standard InChI is InChI=1S/C14H21NO2/c1-10-8-12(3)13(9-11(10)2)15(4)7-5-6-14(16)17/h8-9H,5-7H2,1-4H3,(H,16,17). The van der Waals surface area contributed by atoms with Crippen molar-refractivity contribution in [2.24, 2.45) is 0 Å². The third kappa shape index (κ3) is 3.77. The Morgan fingerprint density at radius 3 is 2.35 bits per heavy atom. The summed E-state index contributed by atoms with van der Waals surface area (Å²) in [6, 6.07) is 4.35. The fourth-order valence-corrected chi connectivity index (χ4v) is 1.94. The highest BCUT2D eigenvalue weighted by Crippen LogP contribution is 2.23. The molecule has 0 bridgehead atoms. The summed E-state index contributed by atoms with van der Waals surface area (Å²) in [5.74, 6) is -0.727. The smallest absolute Gasteiger partial charge is 0.303 e. The number of aliphatic carboxylic acids is 1. The number of aryl methyl sites for hydroxylation is 3. The van der Waals surface area contributed by atoms with Gasteiger partial charge in [-0.1, -0.05) is 6.07 Å². The van der Waals surface area contributed by atoms with Gasteiger partial charge in [0.05, 0.1) is 0 Å². The Morgan fingerprint density at radius 1 is 1.18 bits per heavy atom. The van der Waals surface area contributed by atoms with E-state index >= 15 is 0 Å². The summed E-state index contributed by atoms with van der Waals surface area (Å²) in [6.07, 6.45) is 0.909. The zero-order valence-electron chi connectivity index (χ0n) is 11.1. The van der Waals surface area contributed by atoms with E-state index in [2.05, 4.69) is 37.8 Å². The lowest BCUT2D eigenvalue weighted by molar-refractivity contribution is -0.137. The number of benzene rings is 1. The van der Waals surface area contributed by atoms with Crippen LogP contribution in [0.4, 0.5) is 5.69 Å². The van der Waals surface area contributed by atoms with Gasteiger partial charge in [-0.2, -0.15) is 0 Å². The van der Waals surface area contributed by atoms with Crippen LogP contribution in [0.25, 0.3) is 0 Å². The minimum atomic E-state index is -0.727. The lowest BCUT2D eigenvalue weighted by Gasteiger charge is -2.22. The first kappa shape index (κ1) is 13.6. The molecule has 17 heavy (non-hydrogen) atoms. The summed E-state index contributed by atoms with van der Waals surface area (Å²) >= 11 is 0. The fraction of sp³-hybridized carbons (Fsp3) is 0.500. The minimum Gasteiger partial charge on any atom is -0.481 e. The lowest BCUT2D eigenvalue weighted by atomic mass is 10.0. The first-order chi connectivity index (χ1) is 7.91. The van der Waals surface area contributed by atoms with E-state index in [1.165, 1.54) is 22.4 Å². The number of carboxylic acid groups (broad SMARTS) is 1. The molecule has 0 heterocycles. The van der Waals surface area contributed by atoms with Crippen LogP contribution in [0, 0.1) is 20.8 Å². The molecule has 1 N–H and O–H groups in total. The predicted octanol–water partition coefficient (Wildman–Crippen LogP) is 2.91. The molecule has 94 valence electrons. The van der Waals surface area contributed by atoms with Crippen molar-refractivity contribution >= 4 is 11.7 Å². The summed E-state index contributed by atoms with van der Waals surface area (Å²) < 4.78 is 0. The summed E-state index contributed by atoms with van der Waals surface area (Å²) in [7, 11) is 2.01. The van der Waals surface area contributed by atoms with Crippen LogP contribution in [0.1, 0.15) is 29.5 Å². The molecule has 0 aliphatic heterocycles. The summed E-state index contributed by atoms with van der Waals surface area (Å²) in [4.78, 5) is 12.6. The molecule has 3 heteroatoms. The molecule has 1 aromatic carbocycles. The summed E-state index contributed by atoms with van der Waals surface area (Å²) in [5, 5.41) is 8.61. The van der Waals surface area contributed by atoms with E-state index in [0.717, 1.165) is 6.54 Å².